The molecule has 0 spiro atoms. The molecule has 1 unspecified atom stereocenters. The van der Waals surface area contributed by atoms with Gasteiger partial charge in [0, 0.05) is 12.5 Å². The van der Waals surface area contributed by atoms with Gasteiger partial charge < -0.3 is 20.1 Å². The lowest BCUT2D eigenvalue weighted by Gasteiger charge is -2.28. The van der Waals surface area contributed by atoms with Gasteiger partial charge in [0.05, 0.1) is 7.11 Å². The molecule has 0 bridgehead atoms. The average molecular weight is 413 g/mol. The predicted molar refractivity (Wildman–Crippen MR) is 116 cm³/mol. The number of rotatable bonds is 15. The average Bonchev–Trinajstić information content (AvgIpc) is 3.11. The molecule has 4 atom stereocenters. The molecular formula is C24H44O5. The first-order valence-corrected chi connectivity index (χ1v) is 11.7. The molecule has 170 valence electrons. The first-order chi connectivity index (χ1) is 13.9. The van der Waals surface area contributed by atoms with Crippen LogP contribution in [0.1, 0.15) is 90.9 Å². The van der Waals surface area contributed by atoms with Crippen molar-refractivity contribution in [3.05, 3.63) is 12.2 Å². The van der Waals surface area contributed by atoms with Gasteiger partial charge in [-0.05, 0) is 62.7 Å². The van der Waals surface area contributed by atoms with Crippen LogP contribution in [0.5, 0.6) is 0 Å². The van der Waals surface area contributed by atoms with E-state index in [9.17, 15) is 20.1 Å². The number of unbranched alkanes of at least 4 members (excludes halogenated alkanes) is 5. The number of ether oxygens (including phenoxy) is 1. The number of aliphatic hydroxyl groups excluding tert-OH is 1. The Hall–Kier alpha value is -0.910. The molecule has 0 aromatic carbocycles. The van der Waals surface area contributed by atoms with Gasteiger partial charge in [0.25, 0.3) is 5.79 Å². The van der Waals surface area contributed by atoms with Crippen molar-refractivity contribution in [3.8, 4) is 0 Å². The highest BCUT2D eigenvalue weighted by atomic mass is 16.6. The van der Waals surface area contributed by atoms with Gasteiger partial charge in [0.2, 0.25) is 0 Å². The maximum absolute atomic E-state index is 11.6. The quantitative estimate of drug-likeness (QED) is 0.158. The second-order valence-electron chi connectivity index (χ2n) is 8.74. The molecule has 1 fully saturated rings. The van der Waals surface area contributed by atoms with Crippen LogP contribution in [0.4, 0.5) is 0 Å². The Morgan fingerprint density at radius 2 is 1.83 bits per heavy atom. The molecule has 29 heavy (non-hydrogen) atoms. The lowest BCUT2D eigenvalue weighted by atomic mass is 9.84. The summed E-state index contributed by atoms with van der Waals surface area (Å²) in [5.74, 6) is -2.47. The summed E-state index contributed by atoms with van der Waals surface area (Å²) >= 11 is 0. The Balaban J connectivity index is 2.46. The second kappa shape index (κ2) is 14.2. The molecule has 3 N–H and O–H groups in total. The summed E-state index contributed by atoms with van der Waals surface area (Å²) in [6.07, 6.45) is 17.2. The predicted octanol–water partition coefficient (Wildman–Crippen LogP) is 4.59. The van der Waals surface area contributed by atoms with E-state index >= 15 is 0 Å². The van der Waals surface area contributed by atoms with Crippen LogP contribution in [0.25, 0.3) is 0 Å². The number of hydrogen-bond acceptors (Lipinski definition) is 5. The Kier molecular flexibility index (Phi) is 12.8. The van der Waals surface area contributed by atoms with Crippen molar-refractivity contribution < 1.29 is 24.9 Å². The van der Waals surface area contributed by atoms with E-state index in [0.717, 1.165) is 38.5 Å². The lowest BCUT2D eigenvalue weighted by molar-refractivity contribution is -0.226. The molecular weight excluding hydrogens is 368 g/mol. The summed E-state index contributed by atoms with van der Waals surface area (Å²) in [6, 6.07) is 0. The van der Waals surface area contributed by atoms with Crippen LogP contribution in [-0.4, -0.2) is 40.8 Å². The van der Waals surface area contributed by atoms with E-state index < -0.39 is 17.7 Å². The van der Waals surface area contributed by atoms with Crippen LogP contribution in [0.2, 0.25) is 0 Å². The molecule has 1 saturated carbocycles. The minimum absolute atomic E-state index is 0.260. The highest BCUT2D eigenvalue weighted by Crippen LogP contribution is 2.41. The van der Waals surface area contributed by atoms with Gasteiger partial charge in [-0.3, -0.25) is 0 Å². The lowest BCUT2D eigenvalue weighted by Crippen LogP contribution is -2.46. The molecule has 1 rings (SSSR count). The summed E-state index contributed by atoms with van der Waals surface area (Å²) in [7, 11) is 1.17. The van der Waals surface area contributed by atoms with Crippen LogP contribution in [-0.2, 0) is 9.53 Å². The molecule has 1 aliphatic rings. The largest absolute Gasteiger partial charge is 0.465 e. The van der Waals surface area contributed by atoms with Crippen molar-refractivity contribution in [2.24, 2.45) is 23.7 Å². The zero-order valence-electron chi connectivity index (χ0n) is 18.8. The van der Waals surface area contributed by atoms with Crippen LogP contribution >= 0.6 is 0 Å². The summed E-state index contributed by atoms with van der Waals surface area (Å²) in [5.41, 5.74) is 0. The summed E-state index contributed by atoms with van der Waals surface area (Å²) in [5, 5.41) is 29.9. The number of esters is 1. The van der Waals surface area contributed by atoms with Crippen molar-refractivity contribution in [1.82, 2.24) is 0 Å². The number of allylic oxidation sites excluding steroid dienone is 2. The topological polar surface area (TPSA) is 87.0 Å². The number of carbonyl (C=O) groups excluding carboxylic acids is 1. The Bertz CT molecular complexity index is 474. The smallest absolute Gasteiger partial charge is 0.366 e. The Morgan fingerprint density at radius 1 is 1.10 bits per heavy atom. The molecule has 0 aromatic rings. The minimum Gasteiger partial charge on any atom is -0.465 e. The summed E-state index contributed by atoms with van der Waals surface area (Å²) in [6.45, 7) is 4.35. The fourth-order valence-corrected chi connectivity index (χ4v) is 4.81. The monoisotopic (exact) mass is 412 g/mol. The fourth-order valence-electron chi connectivity index (χ4n) is 4.81. The van der Waals surface area contributed by atoms with Crippen molar-refractivity contribution in [2.45, 2.75) is 96.7 Å². The van der Waals surface area contributed by atoms with Gasteiger partial charge >= 0.3 is 5.97 Å². The van der Waals surface area contributed by atoms with E-state index in [1.165, 1.54) is 32.8 Å². The number of aliphatic hydroxyl groups is 3. The van der Waals surface area contributed by atoms with E-state index in [1.54, 1.807) is 0 Å². The third-order valence-electron chi connectivity index (χ3n) is 6.74. The van der Waals surface area contributed by atoms with Crippen LogP contribution in [0.3, 0.4) is 0 Å². The third-order valence-corrected chi connectivity index (χ3v) is 6.74. The summed E-state index contributed by atoms with van der Waals surface area (Å²) < 4.78 is 4.52. The molecule has 0 radical (unpaired) electrons. The van der Waals surface area contributed by atoms with E-state index in [2.05, 4.69) is 23.8 Å². The van der Waals surface area contributed by atoms with Gasteiger partial charge in [0.15, 0.2) is 0 Å². The maximum atomic E-state index is 11.6. The van der Waals surface area contributed by atoms with Crippen molar-refractivity contribution in [2.75, 3.05) is 13.7 Å². The van der Waals surface area contributed by atoms with E-state index in [4.69, 9.17) is 0 Å². The molecule has 0 aliphatic heterocycles. The fraction of sp³-hybridized carbons (Fsp3) is 0.875. The highest BCUT2D eigenvalue weighted by Gasteiger charge is 2.42. The molecule has 5 heteroatoms. The maximum Gasteiger partial charge on any atom is 0.366 e. The highest BCUT2D eigenvalue weighted by molar-refractivity contribution is 5.77. The van der Waals surface area contributed by atoms with Gasteiger partial charge in [-0.1, -0.05) is 58.1 Å². The van der Waals surface area contributed by atoms with Crippen molar-refractivity contribution in [1.29, 1.82) is 0 Å². The van der Waals surface area contributed by atoms with E-state index in [1.807, 2.05) is 6.92 Å². The Morgan fingerprint density at radius 3 is 2.45 bits per heavy atom. The minimum atomic E-state index is -2.40. The third kappa shape index (κ3) is 8.39. The number of methoxy groups -OCH3 is 1. The first-order valence-electron chi connectivity index (χ1n) is 11.7. The number of hydrogen-bond donors (Lipinski definition) is 3. The zero-order chi connectivity index (χ0) is 21.7. The molecule has 0 aromatic heterocycles. The first kappa shape index (κ1) is 26.1. The van der Waals surface area contributed by atoms with Crippen LogP contribution in [0.15, 0.2) is 12.2 Å². The van der Waals surface area contributed by atoms with Gasteiger partial charge in [-0.25, -0.2) is 4.79 Å². The van der Waals surface area contributed by atoms with E-state index in [0.29, 0.717) is 30.6 Å². The molecule has 5 nitrogen and oxygen atoms in total. The molecule has 0 saturated heterocycles. The number of carbonyl (C=O) groups is 1. The standard InChI is InChI=1S/C24H44O5/c1-4-6-7-8-9-10-15-22-19(16-17-20(22)18-25)13-11-12-14-21(5-2)24(27,28)23(26)29-3/h10,15,19-22,25,27-28H,4-9,11-14,16-18H2,1-3H3/t19-,20+,21?,22-/m1/s1. The summed E-state index contributed by atoms with van der Waals surface area (Å²) in [4.78, 5) is 11.6. The molecule has 0 heterocycles. The van der Waals surface area contributed by atoms with Gasteiger partial charge in [0.1, 0.15) is 0 Å². The van der Waals surface area contributed by atoms with Crippen molar-refractivity contribution >= 4 is 5.97 Å². The van der Waals surface area contributed by atoms with Crippen LogP contribution < -0.4 is 0 Å². The normalized spacial score (nSPS) is 23.6. The van der Waals surface area contributed by atoms with E-state index in [-0.39, 0.29) is 6.61 Å². The van der Waals surface area contributed by atoms with Gasteiger partial charge in [-0.15, -0.1) is 0 Å². The van der Waals surface area contributed by atoms with Crippen molar-refractivity contribution in [3.63, 3.8) is 0 Å². The zero-order valence-corrected chi connectivity index (χ0v) is 18.8. The molecule has 1 aliphatic carbocycles. The SMILES string of the molecule is CCCCCCC=C[C@@H]1[C@H](CCCCC(CC)C(O)(O)C(=O)OC)CC[C@H]1CO. The van der Waals surface area contributed by atoms with Gasteiger partial charge in [-0.2, -0.15) is 0 Å². The van der Waals surface area contributed by atoms with Crippen LogP contribution in [0, 0.1) is 23.7 Å². The second-order valence-corrected chi connectivity index (χ2v) is 8.74. The Labute approximate surface area is 177 Å². The molecule has 0 amide bonds.